The monoisotopic (exact) mass is 287 g/mol. The van der Waals surface area contributed by atoms with Gasteiger partial charge < -0.3 is 10.0 Å². The lowest BCUT2D eigenvalue weighted by Crippen LogP contribution is -2.31. The fourth-order valence-corrected chi connectivity index (χ4v) is 3.92. The summed E-state index contributed by atoms with van der Waals surface area (Å²) in [6, 6.07) is 3.61. The van der Waals surface area contributed by atoms with Crippen LogP contribution in [0.3, 0.4) is 0 Å². The molecular weight excluding hydrogens is 266 g/mol. The largest absolute Gasteiger partial charge is 0.478 e. The lowest BCUT2D eigenvalue weighted by atomic mass is 9.96. The Morgan fingerprint density at radius 2 is 1.57 bits per heavy atom. The van der Waals surface area contributed by atoms with E-state index in [1.54, 1.807) is 13.0 Å². The summed E-state index contributed by atoms with van der Waals surface area (Å²) in [6.45, 7) is 5.14. The van der Waals surface area contributed by atoms with Crippen LogP contribution in [0.2, 0.25) is 0 Å². The maximum atomic E-state index is 12.8. The number of aryl methyl sites for hydroxylation is 2. The van der Waals surface area contributed by atoms with Gasteiger partial charge in [-0.2, -0.15) is 0 Å². The minimum absolute atomic E-state index is 0.108. The van der Waals surface area contributed by atoms with Crippen molar-refractivity contribution in [2.45, 2.75) is 33.1 Å². The third kappa shape index (κ3) is 2.33. The number of amides is 1. The number of aromatic carboxylic acids is 1. The van der Waals surface area contributed by atoms with Crippen LogP contribution < -0.4 is 0 Å². The first kappa shape index (κ1) is 14.1. The molecule has 2 atom stereocenters. The zero-order valence-electron chi connectivity index (χ0n) is 12.6. The Kier molecular flexibility index (Phi) is 3.47. The van der Waals surface area contributed by atoms with Gasteiger partial charge in [-0.05, 0) is 49.7 Å². The summed E-state index contributed by atoms with van der Waals surface area (Å²) >= 11 is 0. The van der Waals surface area contributed by atoms with Gasteiger partial charge in [-0.1, -0.05) is 18.6 Å². The number of hydrogen-bond acceptors (Lipinski definition) is 2. The first-order chi connectivity index (χ1) is 9.99. The van der Waals surface area contributed by atoms with Gasteiger partial charge in [-0.15, -0.1) is 0 Å². The van der Waals surface area contributed by atoms with Gasteiger partial charge in [-0.25, -0.2) is 4.79 Å². The van der Waals surface area contributed by atoms with Crippen LogP contribution in [0.1, 0.15) is 51.1 Å². The third-order valence-corrected chi connectivity index (χ3v) is 5.06. The predicted octanol–water partition coefficient (Wildman–Crippen LogP) is 2.87. The van der Waals surface area contributed by atoms with Crippen molar-refractivity contribution < 1.29 is 14.7 Å². The molecule has 112 valence electrons. The average Bonchev–Trinajstić information content (AvgIpc) is 3.00. The number of carbonyl (C=O) groups is 2. The van der Waals surface area contributed by atoms with Crippen LogP contribution in [-0.2, 0) is 0 Å². The molecule has 1 N–H and O–H groups in total. The summed E-state index contributed by atoms with van der Waals surface area (Å²) in [5, 5.41) is 9.45. The van der Waals surface area contributed by atoms with Gasteiger partial charge in [0.2, 0.25) is 0 Å². The van der Waals surface area contributed by atoms with Crippen molar-refractivity contribution in [3.63, 3.8) is 0 Å². The van der Waals surface area contributed by atoms with Crippen molar-refractivity contribution in [3.8, 4) is 0 Å². The first-order valence-corrected chi connectivity index (χ1v) is 7.61. The molecule has 1 aromatic carbocycles. The van der Waals surface area contributed by atoms with Crippen LogP contribution in [0.15, 0.2) is 12.1 Å². The summed E-state index contributed by atoms with van der Waals surface area (Å²) in [6.07, 6.45) is 3.67. The zero-order chi connectivity index (χ0) is 15.1. The minimum Gasteiger partial charge on any atom is -0.478 e. The van der Waals surface area contributed by atoms with Gasteiger partial charge in [0.1, 0.15) is 0 Å². The van der Waals surface area contributed by atoms with Crippen LogP contribution in [-0.4, -0.2) is 35.0 Å². The fourth-order valence-electron chi connectivity index (χ4n) is 3.92. The Bertz CT molecular complexity index is 596. The maximum Gasteiger partial charge on any atom is 0.336 e. The highest BCUT2D eigenvalue weighted by Crippen LogP contribution is 2.38. The Labute approximate surface area is 124 Å². The highest BCUT2D eigenvalue weighted by molar-refractivity contribution is 6.06. The van der Waals surface area contributed by atoms with E-state index in [0.717, 1.165) is 18.7 Å². The molecule has 1 saturated carbocycles. The Morgan fingerprint density at radius 3 is 2.10 bits per heavy atom. The Hall–Kier alpha value is -1.84. The molecule has 1 heterocycles. The number of nitrogens with zero attached hydrogens (tertiary/aromatic N) is 1. The van der Waals surface area contributed by atoms with E-state index in [1.807, 2.05) is 17.9 Å². The number of carboxylic acid groups (broad SMARTS) is 1. The predicted molar refractivity (Wildman–Crippen MR) is 79.6 cm³/mol. The van der Waals surface area contributed by atoms with E-state index in [0.29, 0.717) is 23.0 Å². The zero-order valence-corrected chi connectivity index (χ0v) is 12.6. The van der Waals surface area contributed by atoms with Crippen molar-refractivity contribution in [1.29, 1.82) is 0 Å². The molecule has 0 spiro atoms. The Morgan fingerprint density at radius 1 is 1.05 bits per heavy atom. The molecule has 2 aliphatic rings. The summed E-state index contributed by atoms with van der Waals surface area (Å²) in [7, 11) is 0. The number of likely N-dealkylation sites (tertiary alicyclic amines) is 1. The molecule has 0 radical (unpaired) electrons. The molecule has 2 fully saturated rings. The number of fused-ring (bicyclic) bond motifs is 1. The summed E-state index contributed by atoms with van der Waals surface area (Å²) < 4.78 is 0. The number of rotatable bonds is 2. The quantitative estimate of drug-likeness (QED) is 0.910. The second kappa shape index (κ2) is 5.17. The molecule has 1 amide bonds. The van der Waals surface area contributed by atoms with Gasteiger partial charge in [0.15, 0.2) is 0 Å². The van der Waals surface area contributed by atoms with Gasteiger partial charge in [0.05, 0.1) is 11.1 Å². The van der Waals surface area contributed by atoms with E-state index in [1.165, 1.54) is 19.3 Å². The van der Waals surface area contributed by atoms with E-state index in [9.17, 15) is 14.7 Å². The number of benzene rings is 1. The smallest absolute Gasteiger partial charge is 0.336 e. The second-order valence-corrected chi connectivity index (χ2v) is 6.42. The summed E-state index contributed by atoms with van der Waals surface area (Å²) in [4.78, 5) is 26.2. The van der Waals surface area contributed by atoms with Crippen LogP contribution in [0.25, 0.3) is 0 Å². The maximum absolute atomic E-state index is 12.8. The van der Waals surface area contributed by atoms with Gasteiger partial charge >= 0.3 is 5.97 Å². The van der Waals surface area contributed by atoms with Crippen LogP contribution in [0.4, 0.5) is 0 Å². The molecule has 1 aliphatic carbocycles. The van der Waals surface area contributed by atoms with Gasteiger partial charge in [0.25, 0.3) is 5.91 Å². The lowest BCUT2D eigenvalue weighted by molar-refractivity contribution is 0.0678. The standard InChI is InChI=1S/C17H21NO3/c1-10-6-7-11(2)15(17(20)21)14(10)16(19)18-8-12-4-3-5-13(12)9-18/h6-7,12-13H,3-5,8-9H2,1-2H3,(H,20,21). The molecule has 0 bridgehead atoms. The van der Waals surface area contributed by atoms with Crippen molar-refractivity contribution in [1.82, 2.24) is 4.90 Å². The lowest BCUT2D eigenvalue weighted by Gasteiger charge is -2.20. The highest BCUT2D eigenvalue weighted by Gasteiger charge is 2.39. The molecular formula is C17H21NO3. The number of carbonyl (C=O) groups excluding carboxylic acids is 1. The van der Waals surface area contributed by atoms with Crippen molar-refractivity contribution >= 4 is 11.9 Å². The van der Waals surface area contributed by atoms with E-state index in [2.05, 4.69) is 0 Å². The molecule has 4 heteroatoms. The molecule has 21 heavy (non-hydrogen) atoms. The van der Waals surface area contributed by atoms with E-state index in [-0.39, 0.29) is 11.5 Å². The summed E-state index contributed by atoms with van der Waals surface area (Å²) in [5.41, 5.74) is 1.94. The third-order valence-electron chi connectivity index (χ3n) is 5.06. The first-order valence-electron chi connectivity index (χ1n) is 7.61. The molecule has 3 rings (SSSR count). The normalized spacial score (nSPS) is 24.2. The topological polar surface area (TPSA) is 57.6 Å². The molecule has 4 nitrogen and oxygen atoms in total. The summed E-state index contributed by atoms with van der Waals surface area (Å²) in [5.74, 6) is 0.113. The Balaban J connectivity index is 1.95. The van der Waals surface area contributed by atoms with Crippen molar-refractivity contribution in [2.24, 2.45) is 11.8 Å². The molecule has 2 unspecified atom stereocenters. The highest BCUT2D eigenvalue weighted by atomic mass is 16.4. The average molecular weight is 287 g/mol. The molecule has 0 aromatic heterocycles. The van der Waals surface area contributed by atoms with Crippen molar-refractivity contribution in [2.75, 3.05) is 13.1 Å². The van der Waals surface area contributed by atoms with Crippen LogP contribution in [0.5, 0.6) is 0 Å². The van der Waals surface area contributed by atoms with Gasteiger partial charge in [0, 0.05) is 13.1 Å². The van der Waals surface area contributed by atoms with E-state index in [4.69, 9.17) is 0 Å². The number of carboxylic acids is 1. The fraction of sp³-hybridized carbons (Fsp3) is 0.529. The SMILES string of the molecule is Cc1ccc(C)c(C(=O)N2CC3CCCC3C2)c1C(=O)O. The molecule has 1 saturated heterocycles. The van der Waals surface area contributed by atoms with E-state index < -0.39 is 5.97 Å². The van der Waals surface area contributed by atoms with E-state index >= 15 is 0 Å². The second-order valence-electron chi connectivity index (χ2n) is 6.42. The minimum atomic E-state index is -1.01. The van der Waals surface area contributed by atoms with Crippen molar-refractivity contribution in [3.05, 3.63) is 34.4 Å². The molecule has 1 aliphatic heterocycles. The van der Waals surface area contributed by atoms with Crippen LogP contribution >= 0.6 is 0 Å². The molecule has 1 aromatic rings. The van der Waals surface area contributed by atoms with Gasteiger partial charge in [-0.3, -0.25) is 4.79 Å². The van der Waals surface area contributed by atoms with Crippen LogP contribution in [0, 0.1) is 25.7 Å². The number of hydrogen-bond donors (Lipinski definition) is 1.